The first-order valence-electron chi connectivity index (χ1n) is 7.91. The molecule has 0 aliphatic rings. The molecule has 0 bridgehead atoms. The summed E-state index contributed by atoms with van der Waals surface area (Å²) in [4.78, 5) is 0. The Morgan fingerprint density at radius 1 is 1.00 bits per heavy atom. The molecule has 13 heteroatoms. The van der Waals surface area contributed by atoms with Crippen LogP contribution in [0.5, 0.6) is 5.75 Å². The molecular formula is C15H16N8OS4. The van der Waals surface area contributed by atoms with Crippen molar-refractivity contribution in [1.82, 2.24) is 29.7 Å². The number of aromatic hydroxyl groups is 1. The van der Waals surface area contributed by atoms with E-state index in [4.69, 9.17) is 24.4 Å². The Kier molecular flexibility index (Phi) is 6.49. The zero-order valence-corrected chi connectivity index (χ0v) is 18.0. The number of aromatic amines is 2. The zero-order valence-electron chi connectivity index (χ0n) is 14.6. The van der Waals surface area contributed by atoms with Gasteiger partial charge in [-0.05, 0) is 49.1 Å². The molecule has 1 aromatic carbocycles. The minimum absolute atomic E-state index is 0.0166. The van der Waals surface area contributed by atoms with Crippen LogP contribution in [0, 0.1) is 16.5 Å². The molecule has 0 atom stereocenters. The fraction of sp³-hybridized carbons (Fsp3) is 0.200. The third-order valence-corrected chi connectivity index (χ3v) is 4.75. The summed E-state index contributed by atoms with van der Waals surface area (Å²) >= 11 is 18.7. The quantitative estimate of drug-likeness (QED) is 0.224. The molecule has 0 unspecified atom stereocenters. The fourth-order valence-electron chi connectivity index (χ4n) is 2.36. The average molecular weight is 453 g/mol. The summed E-state index contributed by atoms with van der Waals surface area (Å²) in [5.74, 6) is 1.87. The fourth-order valence-corrected chi connectivity index (χ4v) is 3.17. The Balaban J connectivity index is 1.98. The summed E-state index contributed by atoms with van der Waals surface area (Å²) in [6.45, 7) is 1.90. The van der Waals surface area contributed by atoms with Crippen LogP contribution in [-0.2, 0) is 11.5 Å². The highest BCUT2D eigenvalue weighted by atomic mass is 32.1. The van der Waals surface area contributed by atoms with Crippen molar-refractivity contribution in [2.75, 3.05) is 0 Å². The minimum Gasteiger partial charge on any atom is -0.507 e. The number of benzene rings is 1. The number of aromatic nitrogens is 6. The van der Waals surface area contributed by atoms with E-state index in [1.54, 1.807) is 12.1 Å². The molecule has 0 saturated carbocycles. The second-order valence-electron chi connectivity index (χ2n) is 5.61. The Bertz CT molecular complexity index is 1080. The number of thiol groups is 2. The molecule has 0 fully saturated rings. The number of rotatable bonds is 6. The van der Waals surface area contributed by atoms with Crippen molar-refractivity contribution < 1.29 is 5.11 Å². The Morgan fingerprint density at radius 3 is 1.82 bits per heavy atom. The molecule has 0 amide bonds. The zero-order chi connectivity index (χ0) is 20.3. The van der Waals surface area contributed by atoms with Crippen LogP contribution in [0.1, 0.15) is 28.3 Å². The highest BCUT2D eigenvalue weighted by Crippen LogP contribution is 2.22. The van der Waals surface area contributed by atoms with Crippen molar-refractivity contribution in [3.05, 3.63) is 50.0 Å². The number of aryl methyl sites for hydroxylation is 1. The molecule has 2 aromatic heterocycles. The second-order valence-corrected chi connectivity index (χ2v) is 7.02. The molecule has 0 aliphatic carbocycles. The maximum Gasteiger partial charge on any atom is 0.216 e. The third kappa shape index (κ3) is 4.27. The Morgan fingerprint density at radius 2 is 1.43 bits per heavy atom. The van der Waals surface area contributed by atoms with Crippen LogP contribution in [-0.4, -0.2) is 47.3 Å². The van der Waals surface area contributed by atoms with Crippen LogP contribution >= 0.6 is 49.7 Å². The lowest BCUT2D eigenvalue weighted by molar-refractivity contribution is 0.473. The molecule has 2 heterocycles. The molecule has 146 valence electrons. The highest BCUT2D eigenvalue weighted by Gasteiger charge is 2.08. The van der Waals surface area contributed by atoms with Crippen LogP contribution in [0.25, 0.3) is 0 Å². The van der Waals surface area contributed by atoms with E-state index in [-0.39, 0.29) is 5.75 Å². The van der Waals surface area contributed by atoms with E-state index in [0.717, 1.165) is 5.56 Å². The monoisotopic (exact) mass is 452 g/mol. The SMILES string of the molecule is Cc1cc(C=Nn2c(CS)n[nH]c2=S)c(O)c(/C=N\n2c(CS)n[nH]c2=S)c1. The molecule has 9 nitrogen and oxygen atoms in total. The maximum atomic E-state index is 10.6. The van der Waals surface area contributed by atoms with E-state index >= 15 is 0 Å². The minimum atomic E-state index is 0.0166. The maximum absolute atomic E-state index is 10.6. The number of H-pyrrole nitrogens is 2. The number of nitrogens with zero attached hydrogens (tertiary/aromatic N) is 6. The van der Waals surface area contributed by atoms with Gasteiger partial charge in [0.25, 0.3) is 0 Å². The van der Waals surface area contributed by atoms with Crippen molar-refractivity contribution in [1.29, 1.82) is 0 Å². The smallest absolute Gasteiger partial charge is 0.216 e. The lowest BCUT2D eigenvalue weighted by Gasteiger charge is -2.06. The highest BCUT2D eigenvalue weighted by molar-refractivity contribution is 7.79. The van der Waals surface area contributed by atoms with Gasteiger partial charge >= 0.3 is 0 Å². The Hall–Kier alpha value is -2.22. The summed E-state index contributed by atoms with van der Waals surface area (Å²) in [5, 5.41) is 32.6. The van der Waals surface area contributed by atoms with Crippen LogP contribution in [0.2, 0.25) is 0 Å². The van der Waals surface area contributed by atoms with Gasteiger partial charge in [-0.15, -0.1) is 0 Å². The van der Waals surface area contributed by atoms with Gasteiger partial charge in [0.05, 0.1) is 23.9 Å². The standard InChI is InChI=1S/C15H16N8OS4/c1-8-2-9(4-16-22-11(6-25)18-20-14(22)27)13(24)10(3-8)5-17-23-12(7-26)19-21-15(23)28/h2-5,24-26H,6-7H2,1H3,(H,20,27)(H,21,28)/b16-4-,17-5?. The van der Waals surface area contributed by atoms with Gasteiger partial charge in [-0.25, -0.2) is 0 Å². The van der Waals surface area contributed by atoms with Crippen LogP contribution in [0.15, 0.2) is 22.3 Å². The predicted octanol–water partition coefficient (Wildman–Crippen LogP) is 2.83. The number of phenols is 1. The van der Waals surface area contributed by atoms with Gasteiger partial charge in [-0.3, -0.25) is 10.2 Å². The third-order valence-electron chi connectivity index (χ3n) is 3.66. The van der Waals surface area contributed by atoms with Gasteiger partial charge in [0, 0.05) is 11.1 Å². The summed E-state index contributed by atoms with van der Waals surface area (Å²) in [7, 11) is 0. The van der Waals surface area contributed by atoms with E-state index in [9.17, 15) is 5.11 Å². The van der Waals surface area contributed by atoms with Crippen molar-refractivity contribution in [3.63, 3.8) is 0 Å². The molecule has 3 aromatic rings. The summed E-state index contributed by atoms with van der Waals surface area (Å²) in [6, 6.07) is 3.59. The van der Waals surface area contributed by atoms with Crippen LogP contribution in [0.4, 0.5) is 0 Å². The van der Waals surface area contributed by atoms with E-state index in [1.165, 1.54) is 21.8 Å². The summed E-state index contributed by atoms with van der Waals surface area (Å²) < 4.78 is 3.56. The van der Waals surface area contributed by atoms with Crippen LogP contribution < -0.4 is 0 Å². The van der Waals surface area contributed by atoms with Gasteiger partial charge in [-0.2, -0.15) is 55.0 Å². The van der Waals surface area contributed by atoms with E-state index < -0.39 is 0 Å². The van der Waals surface area contributed by atoms with Crippen molar-refractivity contribution in [2.24, 2.45) is 10.2 Å². The van der Waals surface area contributed by atoms with Crippen molar-refractivity contribution >= 4 is 62.1 Å². The van der Waals surface area contributed by atoms with E-state index in [2.05, 4.69) is 55.9 Å². The van der Waals surface area contributed by atoms with Crippen molar-refractivity contribution in [2.45, 2.75) is 18.4 Å². The first-order chi connectivity index (χ1) is 13.4. The molecule has 0 aliphatic heterocycles. The first kappa shape index (κ1) is 20.5. The van der Waals surface area contributed by atoms with Gasteiger partial charge in [0.1, 0.15) is 5.75 Å². The molecule has 3 rings (SSSR count). The molecule has 3 N–H and O–H groups in total. The number of hydrogen-bond donors (Lipinski definition) is 5. The van der Waals surface area contributed by atoms with Crippen molar-refractivity contribution in [3.8, 4) is 5.75 Å². The normalized spacial score (nSPS) is 11.8. The molecule has 28 heavy (non-hydrogen) atoms. The van der Waals surface area contributed by atoms with Gasteiger partial charge in [0.15, 0.2) is 11.6 Å². The molecule has 0 saturated heterocycles. The topological polar surface area (TPSA) is 112 Å². The predicted molar refractivity (Wildman–Crippen MR) is 119 cm³/mol. The van der Waals surface area contributed by atoms with E-state index in [0.29, 0.717) is 43.8 Å². The molecule has 0 spiro atoms. The number of phenolic OH excluding ortho intramolecular Hbond substituents is 1. The number of hydrogen-bond acceptors (Lipinski definition) is 9. The molecule has 0 radical (unpaired) electrons. The molecular weight excluding hydrogens is 436 g/mol. The summed E-state index contributed by atoms with van der Waals surface area (Å²) in [6.07, 6.45) is 3.00. The second kappa shape index (κ2) is 8.86. The van der Waals surface area contributed by atoms with Gasteiger partial charge in [0.2, 0.25) is 9.54 Å². The first-order valence-corrected chi connectivity index (χ1v) is 9.99. The Labute approximate surface area is 181 Å². The summed E-state index contributed by atoms with van der Waals surface area (Å²) in [5.41, 5.74) is 1.91. The van der Waals surface area contributed by atoms with E-state index in [1.807, 2.05) is 6.92 Å². The number of nitrogens with one attached hydrogen (secondary N) is 2. The van der Waals surface area contributed by atoms with Crippen LogP contribution in [0.3, 0.4) is 0 Å². The lowest BCUT2D eigenvalue weighted by Crippen LogP contribution is -1.99. The largest absolute Gasteiger partial charge is 0.507 e. The van der Waals surface area contributed by atoms with Gasteiger partial charge < -0.3 is 5.11 Å². The van der Waals surface area contributed by atoms with Gasteiger partial charge in [-0.1, -0.05) is 0 Å². The lowest BCUT2D eigenvalue weighted by atomic mass is 10.1. The average Bonchev–Trinajstić information content (AvgIpc) is 3.22.